The maximum Gasteiger partial charge on any atom is 0.355 e. The largest absolute Gasteiger partial charge is 0.476 e. The number of aromatic carboxylic acids is 1. The van der Waals surface area contributed by atoms with Crippen molar-refractivity contribution in [2.75, 3.05) is 0 Å². The van der Waals surface area contributed by atoms with Crippen molar-refractivity contribution in [3.8, 4) is 0 Å². The molecule has 0 spiro atoms. The Morgan fingerprint density at radius 2 is 2.38 bits per heavy atom. The van der Waals surface area contributed by atoms with Gasteiger partial charge in [0.25, 0.3) is 0 Å². The van der Waals surface area contributed by atoms with E-state index < -0.39 is 5.97 Å². The lowest BCUT2D eigenvalue weighted by molar-refractivity contribution is 0.0683. The number of carboxylic acid groups (broad SMARTS) is 1. The molecule has 13 heavy (non-hydrogen) atoms. The van der Waals surface area contributed by atoms with Crippen molar-refractivity contribution in [3.63, 3.8) is 0 Å². The minimum atomic E-state index is -0.971. The number of hydrogen-bond donors (Lipinski definition) is 1. The van der Waals surface area contributed by atoms with Gasteiger partial charge in [-0.1, -0.05) is 25.0 Å². The average Bonchev–Trinajstić information content (AvgIpc) is 2.53. The third-order valence-corrected chi connectivity index (χ3v) is 1.81. The summed E-state index contributed by atoms with van der Waals surface area (Å²) < 4.78 is 1.43. The predicted molar refractivity (Wildman–Crippen MR) is 46.5 cm³/mol. The maximum absolute atomic E-state index is 10.6. The van der Waals surface area contributed by atoms with Crippen LogP contribution in [0.5, 0.6) is 0 Å². The van der Waals surface area contributed by atoms with Gasteiger partial charge in [-0.3, -0.25) is 0 Å². The van der Waals surface area contributed by atoms with E-state index in [-0.39, 0.29) is 5.69 Å². The number of aryl methyl sites for hydroxylation is 1. The van der Waals surface area contributed by atoms with Crippen molar-refractivity contribution in [2.24, 2.45) is 0 Å². The van der Waals surface area contributed by atoms with Crippen LogP contribution in [0.3, 0.4) is 0 Å². The summed E-state index contributed by atoms with van der Waals surface area (Å²) in [6.07, 6.45) is 4.41. The van der Waals surface area contributed by atoms with Gasteiger partial charge in [0.15, 0.2) is 5.69 Å². The second-order valence-electron chi connectivity index (χ2n) is 2.85. The Labute approximate surface area is 76.4 Å². The second kappa shape index (κ2) is 4.59. The number of nitrogens with zero attached hydrogens (tertiary/aromatic N) is 3. The highest BCUT2D eigenvalue weighted by atomic mass is 16.4. The van der Waals surface area contributed by atoms with Crippen LogP contribution in [0.1, 0.15) is 36.7 Å². The number of carboxylic acids is 1. The van der Waals surface area contributed by atoms with Crippen LogP contribution in [-0.2, 0) is 6.54 Å². The van der Waals surface area contributed by atoms with Crippen molar-refractivity contribution >= 4 is 5.97 Å². The molecule has 5 heteroatoms. The first kappa shape index (κ1) is 9.70. The van der Waals surface area contributed by atoms with E-state index in [1.54, 1.807) is 0 Å². The molecule has 1 rings (SSSR count). The summed E-state index contributed by atoms with van der Waals surface area (Å²) >= 11 is 0. The van der Waals surface area contributed by atoms with Gasteiger partial charge in [0.05, 0.1) is 6.20 Å². The smallest absolute Gasteiger partial charge is 0.355 e. The molecule has 0 aliphatic rings. The summed E-state index contributed by atoms with van der Waals surface area (Å²) in [5.41, 5.74) is 0.163. The average molecular weight is 183 g/mol. The quantitative estimate of drug-likeness (QED) is 0.695. The Kier molecular flexibility index (Phi) is 3.42. The summed E-state index contributed by atoms with van der Waals surface area (Å²) in [7, 11) is 0. The third kappa shape index (κ3) is 2.54. The molecule has 1 aromatic rings. The Morgan fingerprint density at radius 1 is 1.62 bits per heavy atom. The monoisotopic (exact) mass is 183 g/mol. The van der Waals surface area contributed by atoms with E-state index in [9.17, 15) is 4.79 Å². The van der Waals surface area contributed by atoms with Gasteiger partial charge in [-0.2, -0.15) is 0 Å². The molecule has 72 valence electrons. The van der Waals surface area contributed by atoms with E-state index in [0.29, 0.717) is 6.54 Å². The molecule has 0 atom stereocenters. The Balaban J connectivity index is 2.55. The van der Waals surface area contributed by atoms with Gasteiger partial charge in [-0.05, 0) is 6.42 Å². The zero-order valence-electron chi connectivity index (χ0n) is 7.60. The van der Waals surface area contributed by atoms with E-state index in [2.05, 4.69) is 17.2 Å². The molecular weight excluding hydrogens is 170 g/mol. The van der Waals surface area contributed by atoms with Gasteiger partial charge in [-0.25, -0.2) is 9.48 Å². The molecule has 0 aliphatic carbocycles. The summed E-state index contributed by atoms with van der Waals surface area (Å²) in [6, 6.07) is 0. The molecule has 0 fully saturated rings. The molecule has 0 aromatic carbocycles. The molecule has 0 aliphatic heterocycles. The fraction of sp³-hybridized carbons (Fsp3) is 0.625. The Morgan fingerprint density at radius 3 is 3.00 bits per heavy atom. The second-order valence-corrected chi connectivity index (χ2v) is 2.85. The van der Waals surface area contributed by atoms with Crippen LogP contribution in [0.2, 0.25) is 0 Å². The maximum atomic E-state index is 10.6. The van der Waals surface area contributed by atoms with Gasteiger partial charge < -0.3 is 5.11 Å². The lowest BCUT2D eigenvalue weighted by atomic mass is 10.2. The highest BCUT2D eigenvalue weighted by molar-refractivity contribution is 5.85. The van der Waals surface area contributed by atoms with Crippen molar-refractivity contribution in [1.29, 1.82) is 0 Å². The molecule has 0 unspecified atom stereocenters. The van der Waals surface area contributed by atoms with E-state index in [1.165, 1.54) is 10.9 Å². The summed E-state index contributed by atoms with van der Waals surface area (Å²) in [4.78, 5) is 10.6. The third-order valence-electron chi connectivity index (χ3n) is 1.81. The van der Waals surface area contributed by atoms with Crippen molar-refractivity contribution in [3.05, 3.63) is 11.9 Å². The molecule has 5 nitrogen and oxygen atoms in total. The first-order valence-corrected chi connectivity index (χ1v) is 4.37. The number of rotatable bonds is 5. The van der Waals surface area contributed by atoms with Crippen molar-refractivity contribution in [1.82, 2.24) is 15.0 Å². The molecule has 0 saturated heterocycles. The van der Waals surface area contributed by atoms with Gasteiger partial charge in [-0.15, -0.1) is 5.10 Å². The first-order valence-electron chi connectivity index (χ1n) is 4.37. The van der Waals surface area contributed by atoms with Gasteiger partial charge in [0.2, 0.25) is 0 Å². The number of carbonyl (C=O) groups is 1. The number of hydrogen-bond acceptors (Lipinski definition) is 3. The molecular formula is C8H13N3O2. The van der Waals surface area contributed by atoms with Crippen LogP contribution in [0.15, 0.2) is 6.20 Å². The fourth-order valence-electron chi connectivity index (χ4n) is 1.10. The van der Waals surface area contributed by atoms with Crippen LogP contribution in [0.4, 0.5) is 0 Å². The van der Waals surface area contributed by atoms with E-state index in [4.69, 9.17) is 5.11 Å². The lowest BCUT2D eigenvalue weighted by Crippen LogP contribution is -2.10. The normalized spacial score (nSPS) is 10.2. The topological polar surface area (TPSA) is 68.0 Å². The molecule has 1 N–H and O–H groups in total. The Hall–Kier alpha value is -1.39. The number of aromatic nitrogens is 3. The van der Waals surface area contributed by atoms with Gasteiger partial charge in [0, 0.05) is 6.54 Å². The molecule has 0 radical (unpaired) electrons. The molecule has 0 bridgehead atoms. The van der Waals surface area contributed by atoms with E-state index in [1.807, 2.05) is 0 Å². The molecule has 0 saturated carbocycles. The standard InChI is InChI=1S/C8H13N3O2/c1-2-3-4-5-11-7(8(12)13)6-9-10-11/h6H,2-5H2,1H3,(H,12,13). The van der Waals surface area contributed by atoms with Crippen LogP contribution >= 0.6 is 0 Å². The van der Waals surface area contributed by atoms with Crippen LogP contribution in [-0.4, -0.2) is 26.1 Å². The van der Waals surface area contributed by atoms with Crippen molar-refractivity contribution < 1.29 is 9.90 Å². The Bertz CT molecular complexity index is 283. The minimum absolute atomic E-state index is 0.163. The molecule has 1 heterocycles. The minimum Gasteiger partial charge on any atom is -0.476 e. The molecule has 0 amide bonds. The highest BCUT2D eigenvalue weighted by Gasteiger charge is 2.09. The fourth-order valence-corrected chi connectivity index (χ4v) is 1.10. The van der Waals surface area contributed by atoms with Gasteiger partial charge >= 0.3 is 5.97 Å². The molecule has 1 aromatic heterocycles. The lowest BCUT2D eigenvalue weighted by Gasteiger charge is -2.01. The first-order chi connectivity index (χ1) is 6.25. The summed E-state index contributed by atoms with van der Waals surface area (Å²) in [5, 5.41) is 16.0. The summed E-state index contributed by atoms with van der Waals surface area (Å²) in [6.45, 7) is 2.73. The van der Waals surface area contributed by atoms with Gasteiger partial charge in [0.1, 0.15) is 0 Å². The van der Waals surface area contributed by atoms with E-state index in [0.717, 1.165) is 19.3 Å². The SMILES string of the molecule is CCCCCn1nncc1C(=O)O. The van der Waals surface area contributed by atoms with Crippen molar-refractivity contribution in [2.45, 2.75) is 32.7 Å². The van der Waals surface area contributed by atoms with E-state index >= 15 is 0 Å². The van der Waals surface area contributed by atoms with Crippen LogP contribution < -0.4 is 0 Å². The zero-order chi connectivity index (χ0) is 9.68. The highest BCUT2D eigenvalue weighted by Crippen LogP contribution is 2.01. The predicted octanol–water partition coefficient (Wildman–Crippen LogP) is 1.17. The summed E-state index contributed by atoms with van der Waals surface area (Å²) in [5.74, 6) is -0.971. The number of unbranched alkanes of at least 4 members (excludes halogenated alkanes) is 2. The van der Waals surface area contributed by atoms with Crippen LogP contribution in [0.25, 0.3) is 0 Å². The zero-order valence-corrected chi connectivity index (χ0v) is 7.60. The van der Waals surface area contributed by atoms with Crippen LogP contribution in [0, 0.1) is 0 Å².